The van der Waals surface area contributed by atoms with Crippen LogP contribution in [0.3, 0.4) is 0 Å². The first-order chi connectivity index (χ1) is 13.0. The first-order valence-electron chi connectivity index (χ1n) is 8.08. The Bertz CT molecular complexity index is 1020. The second kappa shape index (κ2) is 6.81. The highest BCUT2D eigenvalue weighted by atomic mass is 35.5. The van der Waals surface area contributed by atoms with Crippen LogP contribution < -0.4 is 10.6 Å². The third-order valence-corrected chi connectivity index (χ3v) is 4.33. The zero-order valence-corrected chi connectivity index (χ0v) is 14.6. The predicted molar refractivity (Wildman–Crippen MR) is 97.8 cm³/mol. The Morgan fingerprint density at radius 2 is 1.89 bits per heavy atom. The summed E-state index contributed by atoms with van der Waals surface area (Å²) in [6.45, 7) is 0. The Kier molecular flexibility index (Phi) is 4.33. The second-order valence-corrected chi connectivity index (χ2v) is 6.41. The molecule has 0 fully saturated rings. The number of rotatable bonds is 4. The molecule has 0 aliphatic carbocycles. The maximum Gasteiger partial charge on any atom is 0.252 e. The molecule has 0 radical (unpaired) electrons. The lowest BCUT2D eigenvalue weighted by Gasteiger charge is -2.10. The number of anilines is 2. The SMILES string of the molecule is O=C(C[C@H]1C(=O)Nc2nc(-c3ccc(Cl)cc3)nn21)Nc1ccc(F)cc1. The molecule has 4 rings (SSSR count). The molecule has 9 heteroatoms. The number of aromatic nitrogens is 3. The summed E-state index contributed by atoms with van der Waals surface area (Å²) in [5.74, 6) is -0.444. The van der Waals surface area contributed by atoms with Crippen LogP contribution in [0, 0.1) is 5.82 Å². The summed E-state index contributed by atoms with van der Waals surface area (Å²) in [6.07, 6.45) is -0.125. The van der Waals surface area contributed by atoms with Gasteiger partial charge in [-0.1, -0.05) is 11.6 Å². The van der Waals surface area contributed by atoms with Gasteiger partial charge in [-0.3, -0.25) is 14.9 Å². The number of nitrogens with one attached hydrogen (secondary N) is 2. The number of fused-ring (bicyclic) bond motifs is 1. The lowest BCUT2D eigenvalue weighted by molar-refractivity contribution is -0.123. The quantitative estimate of drug-likeness (QED) is 0.721. The van der Waals surface area contributed by atoms with E-state index in [1.807, 2.05) is 0 Å². The molecule has 0 spiro atoms. The van der Waals surface area contributed by atoms with Gasteiger partial charge in [-0.25, -0.2) is 9.07 Å². The van der Waals surface area contributed by atoms with Gasteiger partial charge in [0.2, 0.25) is 11.9 Å². The van der Waals surface area contributed by atoms with Crippen molar-refractivity contribution in [3.63, 3.8) is 0 Å². The van der Waals surface area contributed by atoms with E-state index in [-0.39, 0.29) is 18.3 Å². The summed E-state index contributed by atoms with van der Waals surface area (Å²) in [7, 11) is 0. The van der Waals surface area contributed by atoms with Crippen LogP contribution >= 0.6 is 11.6 Å². The van der Waals surface area contributed by atoms with Gasteiger partial charge >= 0.3 is 0 Å². The second-order valence-electron chi connectivity index (χ2n) is 5.97. The summed E-state index contributed by atoms with van der Waals surface area (Å²) in [4.78, 5) is 28.7. The number of nitrogens with zero attached hydrogens (tertiary/aromatic N) is 3. The van der Waals surface area contributed by atoms with E-state index in [1.54, 1.807) is 24.3 Å². The van der Waals surface area contributed by atoms with Gasteiger partial charge in [0.05, 0.1) is 6.42 Å². The molecule has 1 aliphatic heterocycles. The zero-order chi connectivity index (χ0) is 19.0. The van der Waals surface area contributed by atoms with Crippen molar-refractivity contribution in [3.8, 4) is 11.4 Å². The third-order valence-electron chi connectivity index (χ3n) is 4.07. The van der Waals surface area contributed by atoms with E-state index in [4.69, 9.17) is 11.6 Å². The van der Waals surface area contributed by atoms with E-state index in [0.29, 0.717) is 16.5 Å². The summed E-state index contributed by atoms with van der Waals surface area (Å²) in [5, 5.41) is 10.2. The molecular weight excluding hydrogens is 373 g/mol. The van der Waals surface area contributed by atoms with Gasteiger partial charge < -0.3 is 5.32 Å². The van der Waals surface area contributed by atoms with Crippen molar-refractivity contribution < 1.29 is 14.0 Å². The first kappa shape index (κ1) is 17.2. The van der Waals surface area contributed by atoms with E-state index < -0.39 is 17.8 Å². The molecule has 0 unspecified atom stereocenters. The molecular formula is C18H13ClFN5O2. The Morgan fingerprint density at radius 1 is 1.19 bits per heavy atom. The monoisotopic (exact) mass is 385 g/mol. The van der Waals surface area contributed by atoms with Crippen molar-refractivity contribution >= 4 is 35.1 Å². The Hall–Kier alpha value is -3.26. The van der Waals surface area contributed by atoms with Crippen molar-refractivity contribution in [1.29, 1.82) is 0 Å². The summed E-state index contributed by atoms with van der Waals surface area (Å²) < 4.78 is 14.3. The van der Waals surface area contributed by atoms with Crippen LogP contribution in [-0.4, -0.2) is 26.6 Å². The van der Waals surface area contributed by atoms with E-state index in [1.165, 1.54) is 28.9 Å². The molecule has 0 saturated heterocycles. The number of carbonyl (C=O) groups is 2. The molecule has 1 aromatic heterocycles. The van der Waals surface area contributed by atoms with Crippen molar-refractivity contribution in [2.24, 2.45) is 0 Å². The van der Waals surface area contributed by atoms with Crippen LogP contribution in [0.4, 0.5) is 16.0 Å². The maximum absolute atomic E-state index is 12.9. The lowest BCUT2D eigenvalue weighted by Crippen LogP contribution is -2.23. The van der Waals surface area contributed by atoms with Crippen molar-refractivity contribution in [3.05, 3.63) is 59.4 Å². The van der Waals surface area contributed by atoms with Gasteiger partial charge in [-0.2, -0.15) is 4.98 Å². The average Bonchev–Trinajstić information content (AvgIpc) is 3.17. The molecule has 2 N–H and O–H groups in total. The van der Waals surface area contributed by atoms with Gasteiger partial charge in [-0.15, -0.1) is 5.10 Å². The van der Waals surface area contributed by atoms with Crippen molar-refractivity contribution in [2.75, 3.05) is 10.6 Å². The van der Waals surface area contributed by atoms with Gasteiger partial charge in [0.15, 0.2) is 5.82 Å². The Balaban J connectivity index is 1.51. The first-order valence-corrected chi connectivity index (χ1v) is 8.46. The summed E-state index contributed by atoms with van der Waals surface area (Å²) in [5.41, 5.74) is 1.19. The minimum absolute atomic E-state index is 0.125. The zero-order valence-electron chi connectivity index (χ0n) is 13.8. The molecule has 2 aromatic carbocycles. The number of halogens is 2. The predicted octanol–water partition coefficient (Wildman–Crippen LogP) is 3.26. The lowest BCUT2D eigenvalue weighted by atomic mass is 10.2. The van der Waals surface area contributed by atoms with Crippen molar-refractivity contribution in [1.82, 2.24) is 14.8 Å². The molecule has 2 amide bonds. The molecule has 3 aromatic rings. The maximum atomic E-state index is 12.9. The molecule has 2 heterocycles. The Labute approximate surface area is 158 Å². The minimum atomic E-state index is -0.811. The number of amides is 2. The van der Waals surface area contributed by atoms with Gasteiger partial charge in [0.25, 0.3) is 5.91 Å². The van der Waals surface area contributed by atoms with E-state index in [0.717, 1.165) is 5.56 Å². The number of benzene rings is 2. The fourth-order valence-electron chi connectivity index (χ4n) is 2.75. The topological polar surface area (TPSA) is 88.9 Å². The number of hydrogen-bond acceptors (Lipinski definition) is 4. The Morgan fingerprint density at radius 3 is 2.59 bits per heavy atom. The molecule has 1 aliphatic rings. The highest BCUT2D eigenvalue weighted by molar-refractivity contribution is 6.30. The van der Waals surface area contributed by atoms with E-state index in [2.05, 4.69) is 20.7 Å². The van der Waals surface area contributed by atoms with Gasteiger partial charge in [0.1, 0.15) is 11.9 Å². The molecule has 136 valence electrons. The van der Waals surface area contributed by atoms with Gasteiger partial charge in [-0.05, 0) is 48.5 Å². The largest absolute Gasteiger partial charge is 0.326 e. The third kappa shape index (κ3) is 3.52. The fraction of sp³-hybridized carbons (Fsp3) is 0.111. The van der Waals surface area contributed by atoms with Crippen LogP contribution in [-0.2, 0) is 9.59 Å². The van der Waals surface area contributed by atoms with Crippen LogP contribution in [0.2, 0.25) is 5.02 Å². The number of hydrogen-bond donors (Lipinski definition) is 2. The van der Waals surface area contributed by atoms with Crippen molar-refractivity contribution in [2.45, 2.75) is 12.5 Å². The summed E-state index contributed by atoms with van der Waals surface area (Å²) >= 11 is 5.88. The van der Waals surface area contributed by atoms with Crippen LogP contribution in [0.1, 0.15) is 12.5 Å². The highest BCUT2D eigenvalue weighted by Gasteiger charge is 2.35. The van der Waals surface area contributed by atoms with Crippen LogP contribution in [0.15, 0.2) is 48.5 Å². The van der Waals surface area contributed by atoms with E-state index in [9.17, 15) is 14.0 Å². The summed E-state index contributed by atoms with van der Waals surface area (Å²) in [6, 6.07) is 11.5. The molecule has 7 nitrogen and oxygen atoms in total. The minimum Gasteiger partial charge on any atom is -0.326 e. The smallest absolute Gasteiger partial charge is 0.252 e. The molecule has 27 heavy (non-hydrogen) atoms. The van der Waals surface area contributed by atoms with Crippen LogP contribution in [0.5, 0.6) is 0 Å². The molecule has 0 saturated carbocycles. The van der Waals surface area contributed by atoms with Crippen LogP contribution in [0.25, 0.3) is 11.4 Å². The standard InChI is InChI=1S/C18H13ClFN5O2/c19-11-3-1-10(2-4-11)16-22-18-23-17(27)14(25(18)24-16)9-15(26)21-13-7-5-12(20)6-8-13/h1-8,14H,9H2,(H,21,26)(H,22,23,24,27)/t14-/m0/s1. The van der Waals surface area contributed by atoms with E-state index >= 15 is 0 Å². The molecule has 1 atom stereocenters. The van der Waals surface area contributed by atoms with Gasteiger partial charge in [0, 0.05) is 16.3 Å². The fourth-order valence-corrected chi connectivity index (χ4v) is 2.88. The molecule has 0 bridgehead atoms. The number of carbonyl (C=O) groups excluding carboxylic acids is 2. The average molecular weight is 386 g/mol. The normalized spacial score (nSPS) is 15.3. The highest BCUT2D eigenvalue weighted by Crippen LogP contribution is 2.29.